The van der Waals surface area contributed by atoms with Gasteiger partial charge in [0.25, 0.3) is 0 Å². The average Bonchev–Trinajstić information content (AvgIpc) is 2.04. The van der Waals surface area contributed by atoms with Crippen molar-refractivity contribution in [2.45, 2.75) is 13.3 Å². The first-order valence-corrected chi connectivity index (χ1v) is 5.24. The third-order valence-electron chi connectivity index (χ3n) is 1.04. The summed E-state index contributed by atoms with van der Waals surface area (Å²) in [5, 5.41) is 2.72. The SMILES string of the molecule is CCCOCCNC(=O)CI. The highest BCUT2D eigenvalue weighted by Gasteiger charge is 1.94. The van der Waals surface area contributed by atoms with E-state index in [0.29, 0.717) is 17.6 Å². The molecule has 0 aromatic heterocycles. The number of ether oxygens (including phenoxy) is 1. The van der Waals surface area contributed by atoms with E-state index >= 15 is 0 Å². The molecule has 0 heterocycles. The van der Waals surface area contributed by atoms with Crippen LogP contribution < -0.4 is 5.32 Å². The van der Waals surface area contributed by atoms with E-state index in [0.717, 1.165) is 13.0 Å². The largest absolute Gasteiger partial charge is 0.380 e. The van der Waals surface area contributed by atoms with Gasteiger partial charge in [0, 0.05) is 13.2 Å². The molecule has 0 fully saturated rings. The number of halogens is 1. The van der Waals surface area contributed by atoms with Crippen molar-refractivity contribution in [2.75, 3.05) is 24.2 Å². The molecule has 11 heavy (non-hydrogen) atoms. The van der Waals surface area contributed by atoms with E-state index in [2.05, 4.69) is 12.2 Å². The van der Waals surface area contributed by atoms with E-state index in [1.165, 1.54) is 0 Å². The Morgan fingerprint density at radius 2 is 2.27 bits per heavy atom. The standard InChI is InChI=1S/C7H14INO2/c1-2-4-11-5-3-9-7(10)6-8/h2-6H2,1H3,(H,9,10). The van der Waals surface area contributed by atoms with Gasteiger partial charge in [-0.3, -0.25) is 4.79 Å². The number of hydrogen-bond acceptors (Lipinski definition) is 2. The Balaban J connectivity index is 2.95. The van der Waals surface area contributed by atoms with Gasteiger partial charge in [-0.15, -0.1) is 0 Å². The lowest BCUT2D eigenvalue weighted by Crippen LogP contribution is -2.27. The Hall–Kier alpha value is 0.160. The Morgan fingerprint density at radius 3 is 2.82 bits per heavy atom. The van der Waals surface area contributed by atoms with Crippen LogP contribution in [0.1, 0.15) is 13.3 Å². The van der Waals surface area contributed by atoms with Crippen molar-refractivity contribution in [1.82, 2.24) is 5.32 Å². The summed E-state index contributed by atoms with van der Waals surface area (Å²) in [4.78, 5) is 10.7. The van der Waals surface area contributed by atoms with Crippen LogP contribution >= 0.6 is 22.6 Å². The van der Waals surface area contributed by atoms with Crippen LogP contribution in [0, 0.1) is 0 Å². The number of amides is 1. The van der Waals surface area contributed by atoms with Gasteiger partial charge >= 0.3 is 0 Å². The van der Waals surface area contributed by atoms with Gasteiger partial charge in [0.1, 0.15) is 0 Å². The number of nitrogens with one attached hydrogen (secondary N) is 1. The molecule has 0 unspecified atom stereocenters. The predicted molar refractivity (Wildman–Crippen MR) is 53.0 cm³/mol. The number of carbonyl (C=O) groups excluding carboxylic acids is 1. The number of rotatable bonds is 6. The lowest BCUT2D eigenvalue weighted by atomic mass is 10.5. The predicted octanol–water partition coefficient (Wildman–Crippen LogP) is 0.964. The second-order valence-electron chi connectivity index (χ2n) is 2.10. The van der Waals surface area contributed by atoms with Crippen molar-refractivity contribution >= 4 is 28.5 Å². The van der Waals surface area contributed by atoms with Crippen molar-refractivity contribution < 1.29 is 9.53 Å². The highest BCUT2D eigenvalue weighted by Crippen LogP contribution is 1.81. The summed E-state index contributed by atoms with van der Waals surface area (Å²) >= 11 is 2.03. The number of alkyl halides is 1. The average molecular weight is 271 g/mol. The van der Waals surface area contributed by atoms with Crippen molar-refractivity contribution in [3.63, 3.8) is 0 Å². The molecule has 0 aliphatic heterocycles. The van der Waals surface area contributed by atoms with E-state index in [4.69, 9.17) is 4.74 Å². The Kier molecular flexibility index (Phi) is 8.38. The monoisotopic (exact) mass is 271 g/mol. The minimum Gasteiger partial charge on any atom is -0.380 e. The maximum Gasteiger partial charge on any atom is 0.229 e. The van der Waals surface area contributed by atoms with Crippen molar-refractivity contribution in [2.24, 2.45) is 0 Å². The van der Waals surface area contributed by atoms with Gasteiger partial charge in [-0.25, -0.2) is 0 Å². The van der Waals surface area contributed by atoms with Crippen LogP contribution in [0.3, 0.4) is 0 Å². The zero-order chi connectivity index (χ0) is 8.53. The fourth-order valence-electron chi connectivity index (χ4n) is 0.556. The van der Waals surface area contributed by atoms with Gasteiger partial charge in [-0.2, -0.15) is 0 Å². The molecule has 0 bridgehead atoms. The molecule has 0 aliphatic carbocycles. The van der Waals surface area contributed by atoms with Crippen LogP contribution in [0.25, 0.3) is 0 Å². The first-order valence-electron chi connectivity index (χ1n) is 3.71. The van der Waals surface area contributed by atoms with Crippen molar-refractivity contribution in [3.05, 3.63) is 0 Å². The fraction of sp³-hybridized carbons (Fsp3) is 0.857. The first kappa shape index (κ1) is 11.2. The third kappa shape index (κ3) is 8.06. The lowest BCUT2D eigenvalue weighted by molar-refractivity contribution is -0.118. The fourth-order valence-corrected chi connectivity index (χ4v) is 0.826. The van der Waals surface area contributed by atoms with Crippen molar-refractivity contribution in [3.8, 4) is 0 Å². The smallest absolute Gasteiger partial charge is 0.229 e. The molecule has 0 radical (unpaired) electrons. The molecular formula is C7H14INO2. The zero-order valence-corrected chi connectivity index (χ0v) is 8.89. The van der Waals surface area contributed by atoms with E-state index in [1.54, 1.807) is 0 Å². The van der Waals surface area contributed by atoms with Crippen molar-refractivity contribution in [1.29, 1.82) is 0 Å². The number of hydrogen-bond donors (Lipinski definition) is 1. The molecule has 3 nitrogen and oxygen atoms in total. The Bertz CT molecular complexity index is 109. The highest BCUT2D eigenvalue weighted by atomic mass is 127. The molecule has 66 valence electrons. The minimum atomic E-state index is 0.0747. The second kappa shape index (κ2) is 8.26. The molecule has 0 saturated carbocycles. The van der Waals surface area contributed by atoms with Crippen LogP contribution in [-0.4, -0.2) is 30.1 Å². The molecule has 0 atom stereocenters. The van der Waals surface area contributed by atoms with Gasteiger partial charge in [0.2, 0.25) is 5.91 Å². The Labute approximate surface area is 81.0 Å². The Morgan fingerprint density at radius 1 is 1.55 bits per heavy atom. The van der Waals surface area contributed by atoms with Crippen LogP contribution in [0.5, 0.6) is 0 Å². The first-order chi connectivity index (χ1) is 5.31. The van der Waals surface area contributed by atoms with Crippen LogP contribution in [0.15, 0.2) is 0 Å². The molecule has 4 heteroatoms. The molecular weight excluding hydrogens is 257 g/mol. The van der Waals surface area contributed by atoms with Crippen LogP contribution in [0.2, 0.25) is 0 Å². The second-order valence-corrected chi connectivity index (χ2v) is 2.86. The minimum absolute atomic E-state index is 0.0747. The van der Waals surface area contributed by atoms with E-state index in [1.807, 2.05) is 22.6 Å². The molecule has 0 spiro atoms. The summed E-state index contributed by atoms with van der Waals surface area (Å²) < 4.78 is 5.68. The van der Waals surface area contributed by atoms with Crippen LogP contribution in [-0.2, 0) is 9.53 Å². The summed E-state index contributed by atoms with van der Waals surface area (Å²) in [6, 6.07) is 0. The van der Waals surface area contributed by atoms with E-state index in [-0.39, 0.29) is 5.91 Å². The summed E-state index contributed by atoms with van der Waals surface area (Å²) in [6.07, 6.45) is 1.03. The maximum absolute atomic E-state index is 10.7. The maximum atomic E-state index is 10.7. The van der Waals surface area contributed by atoms with E-state index in [9.17, 15) is 4.79 Å². The van der Waals surface area contributed by atoms with Gasteiger partial charge in [-0.05, 0) is 6.42 Å². The molecule has 0 saturated heterocycles. The van der Waals surface area contributed by atoms with Crippen LogP contribution in [0.4, 0.5) is 0 Å². The molecule has 0 aliphatic rings. The molecule has 0 aromatic carbocycles. The summed E-state index contributed by atoms with van der Waals surface area (Å²) in [6.45, 7) is 4.08. The summed E-state index contributed by atoms with van der Waals surface area (Å²) in [5.74, 6) is 0.0747. The molecule has 1 amide bonds. The quantitative estimate of drug-likeness (QED) is 0.444. The topological polar surface area (TPSA) is 38.3 Å². The van der Waals surface area contributed by atoms with Gasteiger partial charge in [0.05, 0.1) is 11.0 Å². The van der Waals surface area contributed by atoms with Gasteiger partial charge < -0.3 is 10.1 Å². The lowest BCUT2D eigenvalue weighted by Gasteiger charge is -2.02. The van der Waals surface area contributed by atoms with Gasteiger partial charge in [0.15, 0.2) is 0 Å². The van der Waals surface area contributed by atoms with E-state index < -0.39 is 0 Å². The highest BCUT2D eigenvalue weighted by molar-refractivity contribution is 14.1. The summed E-state index contributed by atoms with van der Waals surface area (Å²) in [7, 11) is 0. The summed E-state index contributed by atoms with van der Waals surface area (Å²) in [5.41, 5.74) is 0. The number of carbonyl (C=O) groups is 1. The molecule has 0 rings (SSSR count). The molecule has 1 N–H and O–H groups in total. The third-order valence-corrected chi connectivity index (χ3v) is 1.73. The zero-order valence-electron chi connectivity index (χ0n) is 6.73. The molecule has 0 aromatic rings. The normalized spacial score (nSPS) is 9.64. The van der Waals surface area contributed by atoms with Gasteiger partial charge in [-0.1, -0.05) is 29.5 Å².